The van der Waals surface area contributed by atoms with Gasteiger partial charge in [0.15, 0.2) is 0 Å². The Bertz CT molecular complexity index is 2060. The molecule has 2 heterocycles. The predicted octanol–water partition coefficient (Wildman–Crippen LogP) is 9.25. The van der Waals surface area contributed by atoms with E-state index in [1.165, 1.54) is 36.5 Å². The largest absolute Gasteiger partial charge is 0.292 e. The third-order valence-electron chi connectivity index (χ3n) is 8.84. The van der Waals surface area contributed by atoms with Crippen LogP contribution in [-0.4, -0.2) is 9.55 Å². The standard InChI is InChI=1S/C39H38N2S/c1-38(2,3)27-20-21-35-31(22-27)32-24-28(39(4,5)6)23-30(36(32)42-35)25-16-18-26(19-17-25)37-40-33-14-10-11-15-34(33)41(37)29-12-8-7-9-13-29/h7-22,24,28H,23H2,1-6H3. The number of nitrogens with zero attached hydrogens (tertiary/aromatic N) is 2. The van der Waals surface area contributed by atoms with E-state index >= 15 is 0 Å². The molecular weight excluding hydrogens is 529 g/mol. The topological polar surface area (TPSA) is 17.8 Å². The average Bonchev–Trinajstić information content (AvgIpc) is 3.55. The van der Waals surface area contributed by atoms with Gasteiger partial charge in [-0.15, -0.1) is 11.3 Å². The third kappa shape index (κ3) is 4.61. The number of para-hydroxylation sites is 3. The normalized spacial score (nSPS) is 15.7. The van der Waals surface area contributed by atoms with E-state index in [4.69, 9.17) is 4.98 Å². The lowest BCUT2D eigenvalue weighted by Gasteiger charge is -2.31. The first kappa shape index (κ1) is 26.9. The highest BCUT2D eigenvalue weighted by atomic mass is 32.1. The van der Waals surface area contributed by atoms with Crippen molar-refractivity contribution < 1.29 is 0 Å². The van der Waals surface area contributed by atoms with Gasteiger partial charge in [-0.05, 0) is 81.5 Å². The Kier molecular flexibility index (Phi) is 6.29. The molecule has 2 nitrogen and oxygen atoms in total. The highest BCUT2D eigenvalue weighted by molar-refractivity contribution is 7.17. The minimum absolute atomic E-state index is 0.125. The fourth-order valence-corrected chi connectivity index (χ4v) is 7.48. The van der Waals surface area contributed by atoms with Gasteiger partial charge < -0.3 is 0 Å². The molecule has 2 aromatic heterocycles. The molecule has 1 aliphatic rings. The number of aromatic nitrogens is 2. The van der Waals surface area contributed by atoms with E-state index in [9.17, 15) is 0 Å². The van der Waals surface area contributed by atoms with Crippen molar-refractivity contribution in [3.8, 4) is 17.1 Å². The summed E-state index contributed by atoms with van der Waals surface area (Å²) in [5, 5.41) is 2.83. The number of thiophene rings is 1. The van der Waals surface area contributed by atoms with Crippen molar-refractivity contribution in [3.05, 3.63) is 118 Å². The second-order valence-corrected chi connectivity index (χ2v) is 14.9. The molecular formula is C39H38N2S. The highest BCUT2D eigenvalue weighted by Crippen LogP contribution is 2.38. The molecule has 7 rings (SSSR count). The Labute approximate surface area is 252 Å². The van der Waals surface area contributed by atoms with E-state index in [0.29, 0.717) is 5.92 Å². The van der Waals surface area contributed by atoms with Gasteiger partial charge in [0.25, 0.3) is 0 Å². The van der Waals surface area contributed by atoms with E-state index in [-0.39, 0.29) is 10.8 Å². The first-order chi connectivity index (χ1) is 20.1. The molecule has 0 bridgehead atoms. The van der Waals surface area contributed by atoms with Crippen LogP contribution in [0.1, 0.15) is 59.1 Å². The quantitative estimate of drug-likeness (QED) is 0.209. The third-order valence-corrected chi connectivity index (χ3v) is 10.1. The van der Waals surface area contributed by atoms with Gasteiger partial charge in [0, 0.05) is 25.9 Å². The van der Waals surface area contributed by atoms with E-state index < -0.39 is 0 Å². The smallest absolute Gasteiger partial charge is 0.145 e. The number of imidazole rings is 1. The first-order valence-corrected chi connectivity index (χ1v) is 15.8. The Balaban J connectivity index is 1.40. The number of hydrogen-bond donors (Lipinski definition) is 0. The average molecular weight is 567 g/mol. The zero-order valence-electron chi connectivity index (χ0n) is 25.4. The summed E-state index contributed by atoms with van der Waals surface area (Å²) < 4.78 is 5.09. The molecule has 42 heavy (non-hydrogen) atoms. The van der Waals surface area contributed by atoms with Crippen LogP contribution in [0.5, 0.6) is 0 Å². The lowest BCUT2D eigenvalue weighted by atomic mass is 9.74. The van der Waals surface area contributed by atoms with E-state index in [1.807, 2.05) is 11.3 Å². The molecule has 3 heteroatoms. The fourth-order valence-electron chi connectivity index (χ4n) is 6.23. The van der Waals surface area contributed by atoms with Crippen molar-refractivity contribution in [3.63, 3.8) is 0 Å². The summed E-state index contributed by atoms with van der Waals surface area (Å²) in [6, 6.07) is 35.2. The zero-order chi connectivity index (χ0) is 29.2. The number of hydrogen-bond acceptors (Lipinski definition) is 2. The molecule has 210 valence electrons. The molecule has 1 aliphatic carbocycles. The summed E-state index contributed by atoms with van der Waals surface area (Å²) in [6.45, 7) is 14.1. The lowest BCUT2D eigenvalue weighted by Crippen LogP contribution is -2.33. The van der Waals surface area contributed by atoms with Crippen molar-refractivity contribution in [1.29, 1.82) is 0 Å². The molecule has 0 radical (unpaired) electrons. The van der Waals surface area contributed by atoms with Gasteiger partial charge in [0.2, 0.25) is 0 Å². The number of rotatable bonds is 3. The Hall–Kier alpha value is -3.95. The van der Waals surface area contributed by atoms with Crippen LogP contribution in [0.4, 0.5) is 0 Å². The zero-order valence-corrected chi connectivity index (χ0v) is 26.2. The molecule has 0 N–H and O–H groups in total. The van der Waals surface area contributed by atoms with Gasteiger partial charge in [-0.3, -0.25) is 4.57 Å². The van der Waals surface area contributed by atoms with Crippen LogP contribution in [0.2, 0.25) is 0 Å². The van der Waals surface area contributed by atoms with Gasteiger partial charge in [-0.1, -0.05) is 108 Å². The summed E-state index contributed by atoms with van der Waals surface area (Å²) in [5.74, 6) is 1.44. The Morgan fingerprint density at radius 2 is 1.45 bits per heavy atom. The van der Waals surface area contributed by atoms with Gasteiger partial charge in [-0.25, -0.2) is 4.98 Å². The maximum Gasteiger partial charge on any atom is 0.145 e. The van der Waals surface area contributed by atoms with Gasteiger partial charge >= 0.3 is 0 Å². The van der Waals surface area contributed by atoms with E-state index in [1.54, 1.807) is 0 Å². The van der Waals surface area contributed by atoms with Crippen LogP contribution in [0.25, 0.3) is 49.8 Å². The first-order valence-electron chi connectivity index (χ1n) is 15.0. The molecule has 1 atom stereocenters. The second kappa shape index (κ2) is 9.81. The van der Waals surface area contributed by atoms with Gasteiger partial charge in [0.1, 0.15) is 5.82 Å². The molecule has 0 saturated heterocycles. The summed E-state index contributed by atoms with van der Waals surface area (Å²) in [4.78, 5) is 5.09. The van der Waals surface area contributed by atoms with Crippen molar-refractivity contribution >= 4 is 44.1 Å². The molecule has 0 aliphatic heterocycles. The minimum Gasteiger partial charge on any atom is -0.292 e. The van der Waals surface area contributed by atoms with E-state index in [0.717, 1.165) is 34.5 Å². The van der Waals surface area contributed by atoms with Crippen LogP contribution < -0.4 is 9.75 Å². The molecule has 0 saturated carbocycles. The van der Waals surface area contributed by atoms with Crippen LogP contribution in [0, 0.1) is 11.3 Å². The SMILES string of the molecule is CC(C)(C)c1ccc2sc3c(c2c1)=CC(C(C)(C)C)CC=3c1ccc(-c2nc3ccccc3n2-c2ccccc2)cc1. The van der Waals surface area contributed by atoms with Crippen LogP contribution in [0.15, 0.2) is 97.1 Å². The summed E-state index contributed by atoms with van der Waals surface area (Å²) in [7, 11) is 0. The second-order valence-electron chi connectivity index (χ2n) is 13.8. The van der Waals surface area contributed by atoms with Crippen molar-refractivity contribution in [2.24, 2.45) is 11.3 Å². The highest BCUT2D eigenvalue weighted by Gasteiger charge is 2.28. The molecule has 0 amide bonds. The van der Waals surface area contributed by atoms with Crippen molar-refractivity contribution in [2.45, 2.75) is 53.4 Å². The van der Waals surface area contributed by atoms with Crippen LogP contribution in [-0.2, 0) is 5.41 Å². The number of fused-ring (bicyclic) bond motifs is 4. The van der Waals surface area contributed by atoms with Crippen LogP contribution >= 0.6 is 11.3 Å². The molecule has 0 spiro atoms. The summed E-state index contributed by atoms with van der Waals surface area (Å²) >= 11 is 1.95. The fraction of sp³-hybridized carbons (Fsp3) is 0.256. The predicted molar refractivity (Wildman–Crippen MR) is 181 cm³/mol. The maximum absolute atomic E-state index is 5.09. The molecule has 4 aromatic carbocycles. The molecule has 1 unspecified atom stereocenters. The molecule has 6 aromatic rings. The van der Waals surface area contributed by atoms with Crippen molar-refractivity contribution in [1.82, 2.24) is 9.55 Å². The molecule has 0 fully saturated rings. The lowest BCUT2D eigenvalue weighted by molar-refractivity contribution is 0.312. The Morgan fingerprint density at radius 1 is 0.762 bits per heavy atom. The maximum atomic E-state index is 5.09. The number of benzene rings is 4. The minimum atomic E-state index is 0.125. The van der Waals surface area contributed by atoms with Gasteiger partial charge in [-0.2, -0.15) is 0 Å². The van der Waals surface area contributed by atoms with Gasteiger partial charge in [0.05, 0.1) is 11.0 Å². The van der Waals surface area contributed by atoms with Crippen LogP contribution in [0.3, 0.4) is 0 Å². The van der Waals surface area contributed by atoms with Crippen molar-refractivity contribution in [2.75, 3.05) is 0 Å². The van der Waals surface area contributed by atoms with E-state index in [2.05, 4.69) is 149 Å². The Morgan fingerprint density at radius 3 is 2.17 bits per heavy atom. The summed E-state index contributed by atoms with van der Waals surface area (Å²) in [6.07, 6.45) is 3.62. The summed E-state index contributed by atoms with van der Waals surface area (Å²) in [5.41, 5.74) is 8.86. The monoisotopic (exact) mass is 566 g/mol.